The van der Waals surface area contributed by atoms with Crippen LogP contribution in [0.5, 0.6) is 0 Å². The lowest BCUT2D eigenvalue weighted by molar-refractivity contribution is -0.384. The van der Waals surface area contributed by atoms with E-state index in [2.05, 4.69) is 0 Å². The summed E-state index contributed by atoms with van der Waals surface area (Å²) in [7, 11) is -3.76. The highest BCUT2D eigenvalue weighted by molar-refractivity contribution is 7.89. The van der Waals surface area contributed by atoms with Gasteiger partial charge < -0.3 is 4.90 Å². The molecule has 3 rings (SSSR count). The first kappa shape index (κ1) is 20.5. The van der Waals surface area contributed by atoms with Crippen molar-refractivity contribution in [1.29, 1.82) is 0 Å². The van der Waals surface area contributed by atoms with Crippen molar-refractivity contribution < 1.29 is 18.1 Å². The van der Waals surface area contributed by atoms with Crippen LogP contribution in [0.4, 0.5) is 5.69 Å². The summed E-state index contributed by atoms with van der Waals surface area (Å²) in [6, 6.07) is 8.33. The Labute approximate surface area is 170 Å². The Morgan fingerprint density at radius 1 is 1.11 bits per heavy atom. The average Bonchev–Trinajstić information content (AvgIpc) is 3.11. The van der Waals surface area contributed by atoms with Gasteiger partial charge in [0, 0.05) is 49.3 Å². The fourth-order valence-electron chi connectivity index (χ4n) is 2.71. The van der Waals surface area contributed by atoms with Crippen LogP contribution in [-0.4, -0.2) is 54.6 Å². The molecular formula is C17H16ClN3O5S2. The molecule has 2 aromatic rings. The van der Waals surface area contributed by atoms with Crippen LogP contribution in [0.25, 0.3) is 6.08 Å². The molecule has 0 unspecified atom stereocenters. The first-order valence-electron chi connectivity index (χ1n) is 8.24. The number of carbonyl (C=O) groups is 1. The molecule has 0 saturated carbocycles. The third-order valence-electron chi connectivity index (χ3n) is 4.22. The number of amides is 1. The van der Waals surface area contributed by atoms with Gasteiger partial charge in [-0.05, 0) is 30.3 Å². The predicted octanol–water partition coefficient (Wildman–Crippen LogP) is 2.86. The third-order valence-corrected chi connectivity index (χ3v) is 7.33. The van der Waals surface area contributed by atoms with Crippen molar-refractivity contribution in [3.8, 4) is 0 Å². The lowest BCUT2D eigenvalue weighted by Gasteiger charge is -2.33. The zero-order valence-electron chi connectivity index (χ0n) is 14.5. The van der Waals surface area contributed by atoms with Gasteiger partial charge in [0.15, 0.2) is 0 Å². The molecule has 28 heavy (non-hydrogen) atoms. The normalized spacial score (nSPS) is 15.8. The van der Waals surface area contributed by atoms with Crippen LogP contribution in [0.3, 0.4) is 0 Å². The van der Waals surface area contributed by atoms with Crippen LogP contribution in [0, 0.1) is 10.1 Å². The predicted molar refractivity (Wildman–Crippen MR) is 107 cm³/mol. The van der Waals surface area contributed by atoms with Gasteiger partial charge in [-0.1, -0.05) is 11.6 Å². The summed E-state index contributed by atoms with van der Waals surface area (Å²) in [6.07, 6.45) is 3.13. The van der Waals surface area contributed by atoms with E-state index >= 15 is 0 Å². The van der Waals surface area contributed by atoms with Crippen LogP contribution >= 0.6 is 22.9 Å². The number of sulfonamides is 1. The van der Waals surface area contributed by atoms with Crippen molar-refractivity contribution in [3.05, 3.63) is 61.8 Å². The number of non-ortho nitro benzene ring substituents is 1. The number of benzene rings is 1. The number of rotatable bonds is 5. The fraction of sp³-hybridized carbons (Fsp3) is 0.235. The SMILES string of the molecule is O=C(/C=C/c1ccc(Cl)s1)N1CCN(S(=O)(=O)c2ccc([N+](=O)[O-])cc2)CC1. The van der Waals surface area contributed by atoms with Gasteiger partial charge in [-0.2, -0.15) is 4.31 Å². The van der Waals surface area contributed by atoms with Gasteiger partial charge in [-0.25, -0.2) is 8.42 Å². The number of nitro benzene ring substituents is 1. The van der Waals surface area contributed by atoms with E-state index in [4.69, 9.17) is 11.6 Å². The van der Waals surface area contributed by atoms with E-state index in [1.54, 1.807) is 17.0 Å². The first-order valence-corrected chi connectivity index (χ1v) is 10.9. The highest BCUT2D eigenvalue weighted by Crippen LogP contribution is 2.23. The maximum absolute atomic E-state index is 12.7. The minimum Gasteiger partial charge on any atom is -0.337 e. The summed E-state index contributed by atoms with van der Waals surface area (Å²) >= 11 is 7.21. The molecule has 1 aromatic heterocycles. The highest BCUT2D eigenvalue weighted by Gasteiger charge is 2.29. The van der Waals surface area contributed by atoms with Gasteiger partial charge in [0.05, 0.1) is 14.2 Å². The molecular weight excluding hydrogens is 426 g/mol. The van der Waals surface area contributed by atoms with Crippen LogP contribution in [-0.2, 0) is 14.8 Å². The van der Waals surface area contributed by atoms with Gasteiger partial charge >= 0.3 is 0 Å². The van der Waals surface area contributed by atoms with Crippen molar-refractivity contribution in [3.63, 3.8) is 0 Å². The second-order valence-corrected chi connectivity index (χ2v) is 9.64. The van der Waals surface area contributed by atoms with Crippen molar-refractivity contribution in [2.75, 3.05) is 26.2 Å². The van der Waals surface area contributed by atoms with Crippen LogP contribution in [0.1, 0.15) is 4.88 Å². The standard InChI is InChI=1S/C17H16ClN3O5S2/c18-16-7-3-14(27-16)4-8-17(22)19-9-11-20(12-10-19)28(25,26)15-5-1-13(2-6-15)21(23)24/h1-8H,9-12H2/b8-4+. The minimum atomic E-state index is -3.76. The zero-order valence-corrected chi connectivity index (χ0v) is 16.9. The first-order chi connectivity index (χ1) is 13.3. The van der Waals surface area contributed by atoms with E-state index in [1.807, 2.05) is 6.07 Å². The zero-order chi connectivity index (χ0) is 20.3. The monoisotopic (exact) mass is 441 g/mol. The Kier molecular flexibility index (Phi) is 6.14. The molecule has 1 amide bonds. The van der Waals surface area contributed by atoms with Crippen LogP contribution in [0.2, 0.25) is 4.34 Å². The average molecular weight is 442 g/mol. The topological polar surface area (TPSA) is 101 Å². The van der Waals surface area contributed by atoms with Gasteiger partial charge in [0.25, 0.3) is 5.69 Å². The second kappa shape index (κ2) is 8.39. The molecule has 1 fully saturated rings. The molecule has 1 aliphatic rings. The van der Waals surface area contributed by atoms with Gasteiger partial charge in [0.1, 0.15) is 0 Å². The number of nitro groups is 1. The highest BCUT2D eigenvalue weighted by atomic mass is 35.5. The van der Waals surface area contributed by atoms with Crippen molar-refractivity contribution in [2.24, 2.45) is 0 Å². The van der Waals surface area contributed by atoms with Gasteiger partial charge in [-0.3, -0.25) is 14.9 Å². The summed E-state index contributed by atoms with van der Waals surface area (Å²) in [4.78, 5) is 24.8. The van der Waals surface area contributed by atoms with Gasteiger partial charge in [0.2, 0.25) is 15.9 Å². The molecule has 0 atom stereocenters. The summed E-state index contributed by atoms with van der Waals surface area (Å²) in [5, 5.41) is 10.7. The van der Waals surface area contributed by atoms with Crippen LogP contribution in [0.15, 0.2) is 47.4 Å². The Balaban J connectivity index is 1.61. The molecule has 8 nitrogen and oxygen atoms in total. The van der Waals surface area contributed by atoms with E-state index in [-0.39, 0.29) is 42.7 Å². The molecule has 2 heterocycles. The summed E-state index contributed by atoms with van der Waals surface area (Å²) in [5.74, 6) is -0.197. The maximum Gasteiger partial charge on any atom is 0.269 e. The number of carbonyl (C=O) groups excluding carboxylic acids is 1. The van der Waals surface area contributed by atoms with Crippen molar-refractivity contribution >= 4 is 50.6 Å². The Morgan fingerprint density at radius 2 is 1.75 bits per heavy atom. The summed E-state index contributed by atoms with van der Waals surface area (Å²) in [6.45, 7) is 0.842. The lowest BCUT2D eigenvalue weighted by Crippen LogP contribution is -2.50. The molecule has 11 heteroatoms. The number of thiophene rings is 1. The maximum atomic E-state index is 12.7. The number of piperazine rings is 1. The molecule has 148 valence electrons. The van der Waals surface area contributed by atoms with E-state index in [9.17, 15) is 23.3 Å². The molecule has 1 aliphatic heterocycles. The quantitative estimate of drug-likeness (QED) is 0.403. The second-order valence-electron chi connectivity index (χ2n) is 5.96. The van der Waals surface area contributed by atoms with Crippen LogP contribution < -0.4 is 0 Å². The molecule has 0 aliphatic carbocycles. The van der Waals surface area contributed by atoms with E-state index < -0.39 is 14.9 Å². The molecule has 0 spiro atoms. The molecule has 0 radical (unpaired) electrons. The smallest absolute Gasteiger partial charge is 0.269 e. The minimum absolute atomic E-state index is 0.00709. The van der Waals surface area contributed by atoms with Crippen molar-refractivity contribution in [2.45, 2.75) is 4.90 Å². The lowest BCUT2D eigenvalue weighted by atomic mass is 10.3. The molecule has 1 saturated heterocycles. The largest absolute Gasteiger partial charge is 0.337 e. The number of hydrogen-bond acceptors (Lipinski definition) is 6. The van der Waals surface area contributed by atoms with E-state index in [1.165, 1.54) is 33.9 Å². The molecule has 0 bridgehead atoms. The Hall–Kier alpha value is -2.27. The third kappa shape index (κ3) is 4.58. The number of nitrogens with zero attached hydrogens (tertiary/aromatic N) is 3. The Bertz CT molecular complexity index is 1010. The summed E-state index contributed by atoms with van der Waals surface area (Å²) < 4.78 is 27.3. The van der Waals surface area contributed by atoms with E-state index in [0.29, 0.717) is 4.34 Å². The number of hydrogen-bond donors (Lipinski definition) is 0. The van der Waals surface area contributed by atoms with Gasteiger partial charge in [-0.15, -0.1) is 11.3 Å². The molecule has 0 N–H and O–H groups in total. The molecule has 1 aromatic carbocycles. The summed E-state index contributed by atoms with van der Waals surface area (Å²) in [5.41, 5.74) is -0.173. The van der Waals surface area contributed by atoms with Crippen molar-refractivity contribution in [1.82, 2.24) is 9.21 Å². The Morgan fingerprint density at radius 3 is 2.29 bits per heavy atom. The van der Waals surface area contributed by atoms with E-state index in [0.717, 1.165) is 17.0 Å². The fourth-order valence-corrected chi connectivity index (χ4v) is 5.10. The number of halogens is 1.